The van der Waals surface area contributed by atoms with Gasteiger partial charge in [-0.2, -0.15) is 0 Å². The van der Waals surface area contributed by atoms with E-state index >= 15 is 0 Å². The molecule has 1 aliphatic heterocycles. The summed E-state index contributed by atoms with van der Waals surface area (Å²) in [5.74, 6) is 0.0234. The van der Waals surface area contributed by atoms with Crippen LogP contribution in [0.25, 0.3) is 0 Å². The molecule has 140 valence electrons. The number of methoxy groups -OCH3 is 2. The van der Waals surface area contributed by atoms with Gasteiger partial charge in [-0.15, -0.1) is 0 Å². The standard InChI is InChI=1S/C20H24F2N2O2/c1-25-17-5-4-16(20(12-17)26-2)14-24-9-7-23(8-10-24)13-15-3-6-18(21)19(22)11-15/h3-6,11-12H,7-10,13-14H2,1-2H3. The van der Waals surface area contributed by atoms with Crippen LogP contribution in [-0.2, 0) is 13.1 Å². The largest absolute Gasteiger partial charge is 0.497 e. The molecule has 0 N–H and O–H groups in total. The lowest BCUT2D eigenvalue weighted by atomic mass is 10.1. The first kappa shape index (κ1) is 18.6. The third-order valence-corrected chi connectivity index (χ3v) is 4.74. The van der Waals surface area contributed by atoms with E-state index in [0.717, 1.165) is 55.3 Å². The first-order chi connectivity index (χ1) is 12.6. The van der Waals surface area contributed by atoms with Crippen molar-refractivity contribution in [3.8, 4) is 11.5 Å². The summed E-state index contributed by atoms with van der Waals surface area (Å²) in [6.07, 6.45) is 0. The molecule has 4 nitrogen and oxygen atoms in total. The number of rotatable bonds is 6. The fourth-order valence-corrected chi connectivity index (χ4v) is 3.23. The average molecular weight is 362 g/mol. The van der Waals surface area contributed by atoms with Crippen LogP contribution in [0.5, 0.6) is 11.5 Å². The van der Waals surface area contributed by atoms with E-state index in [0.29, 0.717) is 6.54 Å². The first-order valence-electron chi connectivity index (χ1n) is 8.68. The minimum atomic E-state index is -0.799. The molecule has 1 heterocycles. The molecule has 0 spiro atoms. The summed E-state index contributed by atoms with van der Waals surface area (Å²) < 4.78 is 37.1. The van der Waals surface area contributed by atoms with Crippen LogP contribution in [0.4, 0.5) is 8.78 Å². The third-order valence-electron chi connectivity index (χ3n) is 4.74. The van der Waals surface area contributed by atoms with Crippen molar-refractivity contribution in [2.75, 3.05) is 40.4 Å². The van der Waals surface area contributed by atoms with Gasteiger partial charge in [-0.3, -0.25) is 9.80 Å². The zero-order valence-corrected chi connectivity index (χ0v) is 15.2. The zero-order chi connectivity index (χ0) is 18.5. The van der Waals surface area contributed by atoms with E-state index in [1.807, 2.05) is 18.2 Å². The van der Waals surface area contributed by atoms with Crippen LogP contribution in [0.1, 0.15) is 11.1 Å². The van der Waals surface area contributed by atoms with Gasteiger partial charge in [-0.05, 0) is 23.8 Å². The second kappa shape index (κ2) is 8.47. The Morgan fingerprint density at radius 3 is 2.12 bits per heavy atom. The van der Waals surface area contributed by atoms with E-state index < -0.39 is 11.6 Å². The van der Waals surface area contributed by atoms with E-state index in [-0.39, 0.29) is 0 Å². The topological polar surface area (TPSA) is 24.9 Å². The number of halogens is 2. The molecule has 0 amide bonds. The van der Waals surface area contributed by atoms with Gasteiger partial charge in [-0.25, -0.2) is 8.78 Å². The molecule has 3 rings (SSSR count). The Bertz CT molecular complexity index is 747. The molecule has 1 saturated heterocycles. The molecular weight excluding hydrogens is 338 g/mol. The van der Waals surface area contributed by atoms with Gasteiger partial charge in [0.15, 0.2) is 11.6 Å². The number of nitrogens with zero attached hydrogens (tertiary/aromatic N) is 2. The molecule has 26 heavy (non-hydrogen) atoms. The summed E-state index contributed by atoms with van der Waals surface area (Å²) in [5, 5.41) is 0. The maximum Gasteiger partial charge on any atom is 0.159 e. The monoisotopic (exact) mass is 362 g/mol. The van der Waals surface area contributed by atoms with Crippen molar-refractivity contribution in [1.29, 1.82) is 0 Å². The Morgan fingerprint density at radius 1 is 0.808 bits per heavy atom. The fourth-order valence-electron chi connectivity index (χ4n) is 3.23. The van der Waals surface area contributed by atoms with Crippen molar-refractivity contribution in [3.05, 3.63) is 59.2 Å². The lowest BCUT2D eigenvalue weighted by Crippen LogP contribution is -2.45. The van der Waals surface area contributed by atoms with E-state index in [4.69, 9.17) is 9.47 Å². The normalized spacial score (nSPS) is 15.8. The van der Waals surface area contributed by atoms with E-state index in [2.05, 4.69) is 9.80 Å². The van der Waals surface area contributed by atoms with Crippen molar-refractivity contribution < 1.29 is 18.3 Å². The SMILES string of the molecule is COc1ccc(CN2CCN(Cc3ccc(F)c(F)c3)CC2)c(OC)c1. The molecule has 6 heteroatoms. The van der Waals surface area contributed by atoms with Crippen molar-refractivity contribution in [2.24, 2.45) is 0 Å². The first-order valence-corrected chi connectivity index (χ1v) is 8.68. The molecule has 1 aliphatic rings. The number of hydrogen-bond acceptors (Lipinski definition) is 4. The highest BCUT2D eigenvalue weighted by molar-refractivity contribution is 5.40. The minimum Gasteiger partial charge on any atom is -0.497 e. The minimum absolute atomic E-state index is 0.636. The summed E-state index contributed by atoms with van der Waals surface area (Å²) in [6.45, 7) is 5.05. The van der Waals surface area contributed by atoms with Crippen LogP contribution in [0, 0.1) is 11.6 Å². The van der Waals surface area contributed by atoms with Crippen molar-refractivity contribution in [1.82, 2.24) is 9.80 Å². The average Bonchev–Trinajstić information content (AvgIpc) is 2.66. The summed E-state index contributed by atoms with van der Waals surface area (Å²) in [7, 11) is 3.30. The summed E-state index contributed by atoms with van der Waals surface area (Å²) in [4.78, 5) is 4.63. The molecule has 0 unspecified atom stereocenters. The Labute approximate surface area is 152 Å². The maximum atomic E-state index is 13.3. The van der Waals surface area contributed by atoms with Crippen LogP contribution in [0.15, 0.2) is 36.4 Å². The van der Waals surface area contributed by atoms with Gasteiger partial charge in [0.05, 0.1) is 14.2 Å². The fraction of sp³-hybridized carbons (Fsp3) is 0.400. The lowest BCUT2D eigenvalue weighted by molar-refractivity contribution is 0.121. The summed E-state index contributed by atoms with van der Waals surface area (Å²) >= 11 is 0. The molecule has 0 bridgehead atoms. The number of benzene rings is 2. The van der Waals surface area contributed by atoms with E-state index in [1.54, 1.807) is 20.3 Å². The van der Waals surface area contributed by atoms with E-state index in [9.17, 15) is 8.78 Å². The second-order valence-electron chi connectivity index (χ2n) is 6.48. The molecule has 0 aliphatic carbocycles. The van der Waals surface area contributed by atoms with Gasteiger partial charge in [0.25, 0.3) is 0 Å². The maximum absolute atomic E-state index is 13.3. The molecular formula is C20H24F2N2O2. The van der Waals surface area contributed by atoms with Crippen LogP contribution >= 0.6 is 0 Å². The Morgan fingerprint density at radius 2 is 1.50 bits per heavy atom. The number of piperazine rings is 1. The molecule has 0 radical (unpaired) electrons. The highest BCUT2D eigenvalue weighted by Gasteiger charge is 2.19. The predicted molar refractivity (Wildman–Crippen MR) is 96.5 cm³/mol. The van der Waals surface area contributed by atoms with Gasteiger partial charge in [0, 0.05) is 50.9 Å². The molecule has 1 fully saturated rings. The molecule has 0 atom stereocenters. The Balaban J connectivity index is 1.54. The van der Waals surface area contributed by atoms with Crippen LogP contribution in [0.3, 0.4) is 0 Å². The third kappa shape index (κ3) is 4.51. The molecule has 0 saturated carbocycles. The summed E-state index contributed by atoms with van der Waals surface area (Å²) in [5.41, 5.74) is 1.93. The summed E-state index contributed by atoms with van der Waals surface area (Å²) in [6, 6.07) is 9.99. The lowest BCUT2D eigenvalue weighted by Gasteiger charge is -2.35. The number of hydrogen-bond donors (Lipinski definition) is 0. The Kier molecular flexibility index (Phi) is 6.06. The molecule has 2 aromatic carbocycles. The predicted octanol–water partition coefficient (Wildman–Crippen LogP) is 3.30. The molecule has 2 aromatic rings. The Hall–Kier alpha value is -2.18. The van der Waals surface area contributed by atoms with Gasteiger partial charge >= 0.3 is 0 Å². The van der Waals surface area contributed by atoms with Crippen LogP contribution < -0.4 is 9.47 Å². The second-order valence-corrected chi connectivity index (χ2v) is 6.48. The van der Waals surface area contributed by atoms with Gasteiger partial charge in [0.2, 0.25) is 0 Å². The smallest absolute Gasteiger partial charge is 0.159 e. The highest BCUT2D eigenvalue weighted by atomic mass is 19.2. The van der Waals surface area contributed by atoms with Crippen LogP contribution in [-0.4, -0.2) is 50.2 Å². The molecule has 0 aromatic heterocycles. The van der Waals surface area contributed by atoms with E-state index in [1.165, 1.54) is 12.1 Å². The highest BCUT2D eigenvalue weighted by Crippen LogP contribution is 2.26. The van der Waals surface area contributed by atoms with Crippen molar-refractivity contribution in [3.63, 3.8) is 0 Å². The number of ether oxygens (including phenoxy) is 2. The van der Waals surface area contributed by atoms with Gasteiger partial charge in [0.1, 0.15) is 11.5 Å². The van der Waals surface area contributed by atoms with Crippen molar-refractivity contribution in [2.45, 2.75) is 13.1 Å². The van der Waals surface area contributed by atoms with Crippen LogP contribution in [0.2, 0.25) is 0 Å². The zero-order valence-electron chi connectivity index (χ0n) is 15.2. The van der Waals surface area contributed by atoms with Gasteiger partial charge in [-0.1, -0.05) is 12.1 Å². The quantitative estimate of drug-likeness (QED) is 0.787. The van der Waals surface area contributed by atoms with Crippen molar-refractivity contribution >= 4 is 0 Å². The van der Waals surface area contributed by atoms with Gasteiger partial charge < -0.3 is 9.47 Å².